The lowest BCUT2D eigenvalue weighted by Gasteiger charge is -2.16. The van der Waals surface area contributed by atoms with Gasteiger partial charge in [-0.15, -0.1) is 22.7 Å². The van der Waals surface area contributed by atoms with Gasteiger partial charge in [0.05, 0.1) is 37.7 Å². The number of aromatic nitrogens is 2. The van der Waals surface area contributed by atoms with E-state index in [9.17, 15) is 0 Å². The summed E-state index contributed by atoms with van der Waals surface area (Å²) in [6.45, 7) is 6.23. The third-order valence-corrected chi connectivity index (χ3v) is 5.17. The lowest BCUT2D eigenvalue weighted by Crippen LogP contribution is -2.09. The summed E-state index contributed by atoms with van der Waals surface area (Å²) >= 11 is 9.66. The van der Waals surface area contributed by atoms with E-state index in [0.29, 0.717) is 5.02 Å². The van der Waals surface area contributed by atoms with Crippen molar-refractivity contribution in [1.82, 2.24) is 9.97 Å². The zero-order valence-corrected chi connectivity index (χ0v) is 13.8. The molecule has 0 radical (unpaired) electrons. The van der Waals surface area contributed by atoms with Crippen LogP contribution in [0.1, 0.15) is 28.5 Å². The minimum Gasteiger partial charge on any atom is -0.374 e. The molecule has 0 aliphatic heterocycles. The van der Waals surface area contributed by atoms with Gasteiger partial charge in [-0.3, -0.25) is 0 Å². The normalized spacial score (nSPS) is 12.8. The maximum Gasteiger partial charge on any atom is 0.106 e. The van der Waals surface area contributed by atoms with Gasteiger partial charge in [-0.1, -0.05) is 11.6 Å². The Bertz CT molecular complexity index is 763. The van der Waals surface area contributed by atoms with E-state index in [4.69, 9.17) is 11.6 Å². The van der Waals surface area contributed by atoms with Gasteiger partial charge < -0.3 is 5.32 Å². The average Bonchev–Trinajstić information content (AvgIpc) is 2.99. The standard InChI is InChI=1S/C14H14ClN3S2/c1-7(12-8(2)20-9(3)18-12)17-13-10(15)4-5-11-14(13)16-6-19-11/h4-7,17H,1-3H3. The smallest absolute Gasteiger partial charge is 0.106 e. The van der Waals surface area contributed by atoms with E-state index < -0.39 is 0 Å². The number of aryl methyl sites for hydroxylation is 2. The molecular formula is C14H14ClN3S2. The molecule has 3 nitrogen and oxygen atoms in total. The molecule has 0 aliphatic carbocycles. The van der Waals surface area contributed by atoms with Gasteiger partial charge in [0.1, 0.15) is 5.52 Å². The largest absolute Gasteiger partial charge is 0.374 e. The quantitative estimate of drug-likeness (QED) is 0.720. The van der Waals surface area contributed by atoms with Crippen molar-refractivity contribution in [3.63, 3.8) is 0 Å². The topological polar surface area (TPSA) is 37.8 Å². The predicted molar refractivity (Wildman–Crippen MR) is 88.3 cm³/mol. The monoisotopic (exact) mass is 323 g/mol. The first-order valence-corrected chi connectivity index (χ1v) is 8.36. The number of nitrogens with one attached hydrogen (secondary N) is 1. The second kappa shape index (κ2) is 5.31. The Labute approximate surface area is 130 Å². The molecule has 0 amide bonds. The van der Waals surface area contributed by atoms with E-state index >= 15 is 0 Å². The summed E-state index contributed by atoms with van der Waals surface area (Å²) in [6, 6.07) is 4.02. The van der Waals surface area contributed by atoms with Gasteiger partial charge in [0.15, 0.2) is 0 Å². The summed E-state index contributed by atoms with van der Waals surface area (Å²) in [5.41, 5.74) is 4.74. The summed E-state index contributed by atoms with van der Waals surface area (Å²) in [6.07, 6.45) is 0. The van der Waals surface area contributed by atoms with Crippen LogP contribution in [-0.2, 0) is 0 Å². The molecular weight excluding hydrogens is 310 g/mol. The van der Waals surface area contributed by atoms with Gasteiger partial charge in [0.25, 0.3) is 0 Å². The molecule has 0 saturated carbocycles. The third kappa shape index (κ3) is 2.41. The average molecular weight is 324 g/mol. The molecule has 1 N–H and O–H groups in total. The highest BCUT2D eigenvalue weighted by molar-refractivity contribution is 7.16. The molecule has 0 saturated heterocycles. The van der Waals surface area contributed by atoms with E-state index in [1.54, 1.807) is 22.7 Å². The second-order valence-corrected chi connectivity index (χ2v) is 7.36. The van der Waals surface area contributed by atoms with E-state index in [2.05, 4.69) is 29.1 Å². The fourth-order valence-electron chi connectivity index (χ4n) is 2.28. The second-order valence-electron chi connectivity index (χ2n) is 4.66. The van der Waals surface area contributed by atoms with Crippen LogP contribution in [0, 0.1) is 13.8 Å². The van der Waals surface area contributed by atoms with Gasteiger partial charge in [-0.2, -0.15) is 0 Å². The molecule has 1 aromatic carbocycles. The molecule has 0 aliphatic rings. The van der Waals surface area contributed by atoms with Gasteiger partial charge in [-0.25, -0.2) is 9.97 Å². The summed E-state index contributed by atoms with van der Waals surface area (Å²) in [5, 5.41) is 5.25. The molecule has 3 aromatic rings. The predicted octanol–water partition coefficient (Wildman–Crippen LogP) is 5.20. The number of thiazole rings is 2. The number of halogens is 1. The lowest BCUT2D eigenvalue weighted by atomic mass is 10.2. The van der Waals surface area contributed by atoms with Gasteiger partial charge in [-0.05, 0) is 32.9 Å². The highest BCUT2D eigenvalue weighted by Crippen LogP contribution is 2.35. The van der Waals surface area contributed by atoms with Crippen LogP contribution < -0.4 is 5.32 Å². The van der Waals surface area contributed by atoms with Crippen molar-refractivity contribution in [2.45, 2.75) is 26.8 Å². The van der Waals surface area contributed by atoms with Gasteiger partial charge in [0, 0.05) is 4.88 Å². The molecule has 3 rings (SSSR count). The van der Waals surface area contributed by atoms with Crippen molar-refractivity contribution in [2.24, 2.45) is 0 Å². The summed E-state index contributed by atoms with van der Waals surface area (Å²) in [7, 11) is 0. The van der Waals surface area contributed by atoms with Crippen LogP contribution in [0.25, 0.3) is 10.2 Å². The summed E-state index contributed by atoms with van der Waals surface area (Å²) < 4.78 is 1.13. The number of hydrogen-bond donors (Lipinski definition) is 1. The molecule has 1 atom stereocenters. The molecule has 104 valence electrons. The number of nitrogens with zero attached hydrogens (tertiary/aromatic N) is 2. The Morgan fingerprint density at radius 1 is 1.30 bits per heavy atom. The molecule has 0 spiro atoms. The molecule has 6 heteroatoms. The number of hydrogen-bond acceptors (Lipinski definition) is 5. The van der Waals surface area contributed by atoms with Crippen molar-refractivity contribution >= 4 is 50.2 Å². The van der Waals surface area contributed by atoms with E-state index in [1.807, 2.05) is 24.6 Å². The molecule has 0 bridgehead atoms. The maximum atomic E-state index is 6.32. The molecule has 1 unspecified atom stereocenters. The van der Waals surface area contributed by atoms with Crippen molar-refractivity contribution in [3.05, 3.63) is 38.2 Å². The van der Waals surface area contributed by atoms with Gasteiger partial charge in [0.2, 0.25) is 0 Å². The van der Waals surface area contributed by atoms with Crippen LogP contribution in [0.2, 0.25) is 5.02 Å². The lowest BCUT2D eigenvalue weighted by molar-refractivity contribution is 0.838. The SMILES string of the molecule is Cc1nc(C(C)Nc2c(Cl)ccc3scnc23)c(C)s1. The highest BCUT2D eigenvalue weighted by atomic mass is 35.5. The fraction of sp³-hybridized carbons (Fsp3) is 0.286. The molecule has 2 heterocycles. The minimum atomic E-state index is 0.102. The number of fused-ring (bicyclic) bond motifs is 1. The molecule has 0 fully saturated rings. The number of rotatable bonds is 3. The van der Waals surface area contributed by atoms with Crippen molar-refractivity contribution in [3.8, 4) is 0 Å². The number of anilines is 1. The summed E-state index contributed by atoms with van der Waals surface area (Å²) in [5.74, 6) is 0. The van der Waals surface area contributed by atoms with E-state index in [-0.39, 0.29) is 6.04 Å². The minimum absolute atomic E-state index is 0.102. The first-order valence-electron chi connectivity index (χ1n) is 6.28. The first kappa shape index (κ1) is 13.8. The van der Waals surface area contributed by atoms with E-state index in [1.165, 1.54) is 4.88 Å². The van der Waals surface area contributed by atoms with Crippen LogP contribution >= 0.6 is 34.3 Å². The third-order valence-electron chi connectivity index (χ3n) is 3.16. The number of benzene rings is 1. The van der Waals surface area contributed by atoms with Crippen LogP contribution in [0.15, 0.2) is 17.6 Å². The zero-order valence-electron chi connectivity index (χ0n) is 11.4. The van der Waals surface area contributed by atoms with Crippen LogP contribution in [0.5, 0.6) is 0 Å². The molecule has 2 aromatic heterocycles. The van der Waals surface area contributed by atoms with Crippen molar-refractivity contribution < 1.29 is 0 Å². The van der Waals surface area contributed by atoms with Crippen LogP contribution in [-0.4, -0.2) is 9.97 Å². The van der Waals surface area contributed by atoms with Crippen LogP contribution in [0.3, 0.4) is 0 Å². The Morgan fingerprint density at radius 3 is 2.80 bits per heavy atom. The first-order chi connectivity index (χ1) is 9.56. The summed E-state index contributed by atoms with van der Waals surface area (Å²) in [4.78, 5) is 10.2. The molecule has 20 heavy (non-hydrogen) atoms. The van der Waals surface area contributed by atoms with Crippen molar-refractivity contribution in [2.75, 3.05) is 5.32 Å². The van der Waals surface area contributed by atoms with Crippen LogP contribution in [0.4, 0.5) is 5.69 Å². The Kier molecular flexibility index (Phi) is 3.67. The fourth-order valence-corrected chi connectivity index (χ4v) is 4.08. The Morgan fingerprint density at radius 2 is 2.10 bits per heavy atom. The Balaban J connectivity index is 1.98. The Hall–Kier alpha value is -1.17. The van der Waals surface area contributed by atoms with E-state index in [0.717, 1.165) is 26.6 Å². The van der Waals surface area contributed by atoms with Gasteiger partial charge >= 0.3 is 0 Å². The maximum absolute atomic E-state index is 6.32. The highest BCUT2D eigenvalue weighted by Gasteiger charge is 2.16. The zero-order chi connectivity index (χ0) is 14.3. The van der Waals surface area contributed by atoms with Crippen molar-refractivity contribution in [1.29, 1.82) is 0 Å².